The van der Waals surface area contributed by atoms with Crippen LogP contribution in [-0.2, 0) is 4.79 Å². The summed E-state index contributed by atoms with van der Waals surface area (Å²) in [5.41, 5.74) is 0.0985. The van der Waals surface area contributed by atoms with Gasteiger partial charge in [-0.15, -0.1) is 0 Å². The lowest BCUT2D eigenvalue weighted by Crippen LogP contribution is -2.36. The number of carbonyl (C=O) groups is 2. The lowest BCUT2D eigenvalue weighted by molar-refractivity contribution is -0.136. The van der Waals surface area contributed by atoms with Crippen molar-refractivity contribution in [2.75, 3.05) is 26.2 Å². The molecule has 1 aromatic carbocycles. The molecule has 2 saturated heterocycles. The maximum atomic E-state index is 13.3. The fourth-order valence-corrected chi connectivity index (χ4v) is 3.86. The third-order valence-electron chi connectivity index (χ3n) is 5.29. The lowest BCUT2D eigenvalue weighted by atomic mass is 9.79. The molecule has 0 aliphatic carbocycles. The van der Waals surface area contributed by atoms with Crippen molar-refractivity contribution < 1.29 is 14.0 Å². The molecule has 3 rings (SSSR count). The molecule has 0 N–H and O–H groups in total. The number of amides is 2. The van der Waals surface area contributed by atoms with Gasteiger partial charge in [0.05, 0.1) is 5.41 Å². The monoisotopic (exact) mass is 318 g/mol. The Bertz CT molecular complexity index is 619. The maximum absolute atomic E-state index is 13.3. The summed E-state index contributed by atoms with van der Waals surface area (Å²) in [5, 5.41) is 0. The highest BCUT2D eigenvalue weighted by Gasteiger charge is 2.46. The summed E-state index contributed by atoms with van der Waals surface area (Å²) in [5.74, 6) is -0.286. The van der Waals surface area contributed by atoms with Crippen LogP contribution in [0.1, 0.15) is 43.0 Å². The first-order valence-corrected chi connectivity index (χ1v) is 8.40. The zero-order chi connectivity index (χ0) is 16.4. The second kappa shape index (κ2) is 6.30. The number of likely N-dealkylation sites (tertiary alicyclic amines) is 2. The summed E-state index contributed by atoms with van der Waals surface area (Å²) >= 11 is 0. The normalized spacial score (nSPS) is 25.0. The van der Waals surface area contributed by atoms with Gasteiger partial charge in [0.1, 0.15) is 5.82 Å². The average Bonchev–Trinajstić information content (AvgIpc) is 2.73. The standard InChI is InChI=1S/C18H23FN2O2/c1-2-20-11-8-18(17(20)23)7-4-10-21(12-9-18)16(22)14-5-3-6-15(19)13-14/h3,5-6,13H,2,4,7-12H2,1H3. The van der Waals surface area contributed by atoms with Crippen molar-refractivity contribution in [2.45, 2.75) is 32.6 Å². The molecular weight excluding hydrogens is 295 g/mol. The number of carbonyl (C=O) groups excluding carboxylic acids is 2. The van der Waals surface area contributed by atoms with Gasteiger partial charge in [0.15, 0.2) is 0 Å². The van der Waals surface area contributed by atoms with E-state index in [0.29, 0.717) is 25.1 Å². The van der Waals surface area contributed by atoms with Crippen LogP contribution in [0.5, 0.6) is 0 Å². The maximum Gasteiger partial charge on any atom is 0.253 e. The number of benzene rings is 1. The molecule has 0 saturated carbocycles. The van der Waals surface area contributed by atoms with Crippen LogP contribution in [0.2, 0.25) is 0 Å². The number of rotatable bonds is 2. The van der Waals surface area contributed by atoms with Gasteiger partial charge in [-0.25, -0.2) is 4.39 Å². The highest BCUT2D eigenvalue weighted by atomic mass is 19.1. The molecule has 0 aromatic heterocycles. The van der Waals surface area contributed by atoms with E-state index in [1.165, 1.54) is 12.1 Å². The van der Waals surface area contributed by atoms with Crippen LogP contribution in [0, 0.1) is 11.2 Å². The molecule has 0 bridgehead atoms. The van der Waals surface area contributed by atoms with Crippen LogP contribution in [-0.4, -0.2) is 47.8 Å². The minimum absolute atomic E-state index is 0.139. The van der Waals surface area contributed by atoms with Gasteiger partial charge in [0.2, 0.25) is 5.91 Å². The van der Waals surface area contributed by atoms with Crippen LogP contribution in [0.3, 0.4) is 0 Å². The largest absolute Gasteiger partial charge is 0.342 e. The molecule has 124 valence electrons. The van der Waals surface area contributed by atoms with Crippen molar-refractivity contribution in [3.05, 3.63) is 35.6 Å². The summed E-state index contributed by atoms with van der Waals surface area (Å²) in [6, 6.07) is 5.82. The van der Waals surface area contributed by atoms with Crippen LogP contribution >= 0.6 is 0 Å². The van der Waals surface area contributed by atoms with Crippen molar-refractivity contribution in [1.82, 2.24) is 9.80 Å². The van der Waals surface area contributed by atoms with E-state index in [-0.39, 0.29) is 17.2 Å². The number of halogens is 1. The second-order valence-electron chi connectivity index (χ2n) is 6.57. The molecule has 0 radical (unpaired) electrons. The molecule has 1 atom stereocenters. The fraction of sp³-hybridized carbons (Fsp3) is 0.556. The van der Waals surface area contributed by atoms with E-state index in [9.17, 15) is 14.0 Å². The molecule has 23 heavy (non-hydrogen) atoms. The molecule has 1 unspecified atom stereocenters. The van der Waals surface area contributed by atoms with Gasteiger partial charge in [-0.3, -0.25) is 9.59 Å². The zero-order valence-electron chi connectivity index (χ0n) is 13.6. The van der Waals surface area contributed by atoms with Crippen LogP contribution in [0.4, 0.5) is 4.39 Å². The van der Waals surface area contributed by atoms with Crippen LogP contribution in [0.15, 0.2) is 24.3 Å². The molecule has 2 aliphatic rings. The minimum Gasteiger partial charge on any atom is -0.342 e. The molecule has 1 aromatic rings. The fourth-order valence-electron chi connectivity index (χ4n) is 3.86. The van der Waals surface area contributed by atoms with Gasteiger partial charge in [-0.1, -0.05) is 6.07 Å². The van der Waals surface area contributed by atoms with Crippen molar-refractivity contribution in [2.24, 2.45) is 5.41 Å². The number of nitrogens with zero attached hydrogens (tertiary/aromatic N) is 2. The Morgan fingerprint density at radius 2 is 2.00 bits per heavy atom. The smallest absolute Gasteiger partial charge is 0.253 e. The molecule has 5 heteroatoms. The predicted molar refractivity (Wildman–Crippen MR) is 85.5 cm³/mol. The Labute approximate surface area is 136 Å². The highest BCUT2D eigenvalue weighted by molar-refractivity contribution is 5.94. The summed E-state index contributed by atoms with van der Waals surface area (Å²) in [4.78, 5) is 28.9. The number of hydrogen-bond donors (Lipinski definition) is 0. The first kappa shape index (κ1) is 16.0. The summed E-state index contributed by atoms with van der Waals surface area (Å²) in [7, 11) is 0. The SMILES string of the molecule is CCN1CCC2(CCCN(C(=O)c3cccc(F)c3)CC2)C1=O. The molecular formula is C18H23FN2O2. The van der Waals surface area contributed by atoms with Crippen molar-refractivity contribution >= 4 is 11.8 Å². The van der Waals surface area contributed by atoms with Crippen molar-refractivity contribution in [3.8, 4) is 0 Å². The van der Waals surface area contributed by atoms with Crippen molar-refractivity contribution in [3.63, 3.8) is 0 Å². The van der Waals surface area contributed by atoms with E-state index in [1.807, 2.05) is 11.8 Å². The molecule has 1 spiro atoms. The Morgan fingerprint density at radius 1 is 1.22 bits per heavy atom. The first-order chi connectivity index (χ1) is 11.1. The Hall–Kier alpha value is -1.91. The topological polar surface area (TPSA) is 40.6 Å². The van der Waals surface area contributed by atoms with Gasteiger partial charge in [0.25, 0.3) is 5.91 Å². The molecule has 2 fully saturated rings. The first-order valence-electron chi connectivity index (χ1n) is 8.40. The van der Waals surface area contributed by atoms with Gasteiger partial charge < -0.3 is 9.80 Å². The molecule has 2 aliphatic heterocycles. The Balaban J connectivity index is 1.72. The summed E-state index contributed by atoms with van der Waals surface area (Å²) in [6.45, 7) is 4.79. The van der Waals surface area contributed by atoms with Gasteiger partial charge in [-0.2, -0.15) is 0 Å². The van der Waals surface area contributed by atoms with Crippen LogP contribution in [0.25, 0.3) is 0 Å². The highest BCUT2D eigenvalue weighted by Crippen LogP contribution is 2.41. The van der Waals surface area contributed by atoms with Crippen LogP contribution < -0.4 is 0 Å². The van der Waals surface area contributed by atoms with E-state index in [4.69, 9.17) is 0 Å². The summed E-state index contributed by atoms with van der Waals surface area (Å²) < 4.78 is 13.3. The molecule has 2 amide bonds. The third-order valence-corrected chi connectivity index (χ3v) is 5.29. The zero-order valence-corrected chi connectivity index (χ0v) is 13.6. The molecule has 4 nitrogen and oxygen atoms in total. The predicted octanol–water partition coefficient (Wildman–Crippen LogP) is 2.69. The molecule has 2 heterocycles. The van der Waals surface area contributed by atoms with Gasteiger partial charge in [0, 0.05) is 31.7 Å². The Morgan fingerprint density at radius 3 is 2.70 bits per heavy atom. The van der Waals surface area contributed by atoms with Crippen molar-refractivity contribution in [1.29, 1.82) is 0 Å². The lowest BCUT2D eigenvalue weighted by Gasteiger charge is -2.26. The second-order valence-corrected chi connectivity index (χ2v) is 6.57. The third kappa shape index (κ3) is 2.96. The van der Waals surface area contributed by atoms with E-state index < -0.39 is 5.82 Å². The Kier molecular flexibility index (Phi) is 4.37. The van der Waals surface area contributed by atoms with E-state index in [1.54, 1.807) is 17.0 Å². The van der Waals surface area contributed by atoms with Gasteiger partial charge >= 0.3 is 0 Å². The van der Waals surface area contributed by atoms with E-state index >= 15 is 0 Å². The quantitative estimate of drug-likeness (QED) is 0.841. The van der Waals surface area contributed by atoms with Gasteiger partial charge in [-0.05, 0) is 50.8 Å². The summed E-state index contributed by atoms with van der Waals surface area (Å²) in [6.07, 6.45) is 3.27. The van der Waals surface area contributed by atoms with E-state index in [2.05, 4.69) is 0 Å². The average molecular weight is 318 g/mol. The van der Waals surface area contributed by atoms with E-state index in [0.717, 1.165) is 32.4 Å². The minimum atomic E-state index is -0.397. The number of hydrogen-bond acceptors (Lipinski definition) is 2.